The van der Waals surface area contributed by atoms with E-state index >= 15 is 0 Å². The first-order valence-corrected chi connectivity index (χ1v) is 7.99. The van der Waals surface area contributed by atoms with Gasteiger partial charge in [-0.3, -0.25) is 9.59 Å². The molecule has 7 heteroatoms. The van der Waals surface area contributed by atoms with E-state index in [0.717, 1.165) is 0 Å². The van der Waals surface area contributed by atoms with Crippen molar-refractivity contribution in [1.82, 2.24) is 0 Å². The van der Waals surface area contributed by atoms with E-state index < -0.39 is 5.91 Å². The first-order valence-electron chi connectivity index (χ1n) is 7.99. The molecule has 2 N–H and O–H groups in total. The van der Waals surface area contributed by atoms with Gasteiger partial charge in [-0.2, -0.15) is 5.26 Å². The standard InChI is InChI=1S/C20H19N3O4/c1-13(24)22-16-4-6-17(7-5-16)23-20(25)15(12-21)8-14-9-18(26-2)11-19(10-14)27-3/h4-11H,1-3H3,(H,22,24)(H,23,25)/b15-8+. The third-order valence-electron chi connectivity index (χ3n) is 3.51. The molecule has 0 radical (unpaired) electrons. The van der Waals surface area contributed by atoms with Gasteiger partial charge < -0.3 is 20.1 Å². The number of nitriles is 1. The molecule has 0 saturated heterocycles. The fourth-order valence-corrected chi connectivity index (χ4v) is 2.27. The van der Waals surface area contributed by atoms with Gasteiger partial charge in [-0.25, -0.2) is 0 Å². The second-order valence-electron chi connectivity index (χ2n) is 5.53. The van der Waals surface area contributed by atoms with E-state index in [1.165, 1.54) is 27.2 Å². The van der Waals surface area contributed by atoms with E-state index in [-0.39, 0.29) is 11.5 Å². The molecule has 138 valence electrons. The molecule has 2 aromatic rings. The topological polar surface area (TPSA) is 100 Å². The summed E-state index contributed by atoms with van der Waals surface area (Å²) in [6, 6.07) is 13.5. The monoisotopic (exact) mass is 365 g/mol. The highest BCUT2D eigenvalue weighted by molar-refractivity contribution is 6.09. The molecule has 0 unspecified atom stereocenters. The van der Waals surface area contributed by atoms with Crippen molar-refractivity contribution in [3.05, 3.63) is 53.6 Å². The Morgan fingerprint density at radius 2 is 1.48 bits per heavy atom. The molecule has 2 rings (SSSR count). The molecular weight excluding hydrogens is 346 g/mol. The van der Waals surface area contributed by atoms with Crippen molar-refractivity contribution in [3.63, 3.8) is 0 Å². The Labute approximate surface area is 157 Å². The van der Waals surface area contributed by atoms with Crippen molar-refractivity contribution < 1.29 is 19.1 Å². The number of methoxy groups -OCH3 is 2. The number of carbonyl (C=O) groups is 2. The number of benzene rings is 2. The normalized spacial score (nSPS) is 10.5. The fourth-order valence-electron chi connectivity index (χ4n) is 2.27. The fraction of sp³-hybridized carbons (Fsp3) is 0.150. The average Bonchev–Trinajstić information content (AvgIpc) is 2.66. The number of anilines is 2. The smallest absolute Gasteiger partial charge is 0.266 e. The minimum atomic E-state index is -0.549. The number of nitrogens with one attached hydrogen (secondary N) is 2. The van der Waals surface area contributed by atoms with Crippen LogP contribution in [0.25, 0.3) is 6.08 Å². The maximum Gasteiger partial charge on any atom is 0.266 e. The van der Waals surface area contributed by atoms with Gasteiger partial charge in [0, 0.05) is 24.4 Å². The van der Waals surface area contributed by atoms with Crippen molar-refractivity contribution >= 4 is 29.3 Å². The summed E-state index contributed by atoms with van der Waals surface area (Å²) in [7, 11) is 3.04. The first kappa shape index (κ1) is 19.5. The number of hydrogen-bond donors (Lipinski definition) is 2. The second kappa shape index (κ2) is 9.06. The van der Waals surface area contributed by atoms with Gasteiger partial charge in [0.25, 0.3) is 5.91 Å². The number of amides is 2. The second-order valence-corrected chi connectivity index (χ2v) is 5.53. The lowest BCUT2D eigenvalue weighted by molar-refractivity contribution is -0.114. The van der Waals surface area contributed by atoms with Crippen molar-refractivity contribution in [2.75, 3.05) is 24.9 Å². The molecule has 0 saturated carbocycles. The predicted molar refractivity (Wildman–Crippen MR) is 103 cm³/mol. The molecule has 0 heterocycles. The van der Waals surface area contributed by atoms with Crippen molar-refractivity contribution in [1.29, 1.82) is 5.26 Å². The van der Waals surface area contributed by atoms with Crippen LogP contribution in [0.3, 0.4) is 0 Å². The third kappa shape index (κ3) is 5.61. The summed E-state index contributed by atoms with van der Waals surface area (Å²) >= 11 is 0. The molecule has 7 nitrogen and oxygen atoms in total. The molecule has 2 aromatic carbocycles. The van der Waals surface area contributed by atoms with Crippen molar-refractivity contribution in [2.24, 2.45) is 0 Å². The number of nitrogens with zero attached hydrogens (tertiary/aromatic N) is 1. The van der Waals surface area contributed by atoms with Gasteiger partial charge in [0.15, 0.2) is 0 Å². The molecule has 0 aromatic heterocycles. The minimum absolute atomic E-state index is 0.0729. The summed E-state index contributed by atoms with van der Waals surface area (Å²) in [5.74, 6) is 0.362. The van der Waals surface area contributed by atoms with Gasteiger partial charge in [-0.05, 0) is 48.0 Å². The number of ether oxygens (including phenoxy) is 2. The molecular formula is C20H19N3O4. The van der Waals surface area contributed by atoms with Crippen LogP contribution >= 0.6 is 0 Å². The van der Waals surface area contributed by atoms with Gasteiger partial charge in [0.05, 0.1) is 14.2 Å². The third-order valence-corrected chi connectivity index (χ3v) is 3.51. The summed E-state index contributed by atoms with van der Waals surface area (Å²) in [6.07, 6.45) is 1.45. The van der Waals surface area contributed by atoms with Gasteiger partial charge >= 0.3 is 0 Å². The molecule has 0 aliphatic rings. The molecule has 0 atom stereocenters. The Kier molecular flexibility index (Phi) is 6.55. The van der Waals surface area contributed by atoms with Gasteiger partial charge in [-0.15, -0.1) is 0 Å². The minimum Gasteiger partial charge on any atom is -0.497 e. The Bertz CT molecular complexity index is 890. The summed E-state index contributed by atoms with van der Waals surface area (Å²) in [6.45, 7) is 1.41. The lowest BCUT2D eigenvalue weighted by atomic mass is 10.1. The Morgan fingerprint density at radius 1 is 0.963 bits per heavy atom. The van der Waals surface area contributed by atoms with Gasteiger partial charge in [0.2, 0.25) is 5.91 Å². The van der Waals surface area contributed by atoms with E-state index in [9.17, 15) is 14.9 Å². The number of carbonyl (C=O) groups excluding carboxylic acids is 2. The van der Waals surface area contributed by atoms with Crippen LogP contribution in [0.1, 0.15) is 12.5 Å². The van der Waals surface area contributed by atoms with E-state index in [2.05, 4.69) is 10.6 Å². The molecule has 0 aliphatic heterocycles. The zero-order valence-corrected chi connectivity index (χ0v) is 15.2. The maximum absolute atomic E-state index is 12.4. The SMILES string of the molecule is COc1cc(/C=C(\C#N)C(=O)Nc2ccc(NC(C)=O)cc2)cc(OC)c1. The van der Waals surface area contributed by atoms with Crippen LogP contribution in [-0.2, 0) is 9.59 Å². The van der Waals surface area contributed by atoms with E-state index in [1.807, 2.05) is 6.07 Å². The highest BCUT2D eigenvalue weighted by atomic mass is 16.5. The van der Waals surface area contributed by atoms with E-state index in [1.54, 1.807) is 42.5 Å². The lowest BCUT2D eigenvalue weighted by Gasteiger charge is -2.08. The zero-order chi connectivity index (χ0) is 19.8. The predicted octanol–water partition coefficient (Wildman–Crippen LogP) is 3.21. The summed E-state index contributed by atoms with van der Waals surface area (Å²) in [5.41, 5.74) is 1.63. The summed E-state index contributed by atoms with van der Waals surface area (Å²) in [5, 5.41) is 14.6. The lowest BCUT2D eigenvalue weighted by Crippen LogP contribution is -2.13. The zero-order valence-electron chi connectivity index (χ0n) is 15.2. The molecule has 0 bridgehead atoms. The van der Waals surface area contributed by atoms with E-state index in [0.29, 0.717) is 28.4 Å². The quantitative estimate of drug-likeness (QED) is 0.605. The molecule has 2 amide bonds. The van der Waals surface area contributed by atoms with Crippen LogP contribution in [0.4, 0.5) is 11.4 Å². The number of hydrogen-bond acceptors (Lipinski definition) is 5. The van der Waals surface area contributed by atoms with Crippen LogP contribution in [0, 0.1) is 11.3 Å². The van der Waals surface area contributed by atoms with Gasteiger partial charge in [0.1, 0.15) is 23.1 Å². The Balaban J connectivity index is 2.19. The van der Waals surface area contributed by atoms with Gasteiger partial charge in [-0.1, -0.05) is 0 Å². The Morgan fingerprint density at radius 3 is 1.93 bits per heavy atom. The van der Waals surface area contributed by atoms with Crippen molar-refractivity contribution in [3.8, 4) is 17.6 Å². The summed E-state index contributed by atoms with van der Waals surface area (Å²) in [4.78, 5) is 23.4. The molecule has 0 fully saturated rings. The molecule has 0 aliphatic carbocycles. The summed E-state index contributed by atoms with van der Waals surface area (Å²) < 4.78 is 10.4. The highest BCUT2D eigenvalue weighted by Gasteiger charge is 2.11. The van der Waals surface area contributed by atoms with Crippen LogP contribution < -0.4 is 20.1 Å². The van der Waals surface area contributed by atoms with E-state index in [4.69, 9.17) is 9.47 Å². The molecule has 27 heavy (non-hydrogen) atoms. The van der Waals surface area contributed by atoms with Crippen LogP contribution in [0.2, 0.25) is 0 Å². The number of rotatable bonds is 6. The van der Waals surface area contributed by atoms with Crippen molar-refractivity contribution in [2.45, 2.75) is 6.92 Å². The van der Waals surface area contributed by atoms with Crippen LogP contribution in [0.15, 0.2) is 48.0 Å². The van der Waals surface area contributed by atoms with Crippen LogP contribution in [-0.4, -0.2) is 26.0 Å². The largest absolute Gasteiger partial charge is 0.497 e. The highest BCUT2D eigenvalue weighted by Crippen LogP contribution is 2.24. The average molecular weight is 365 g/mol. The Hall–Kier alpha value is -3.79. The molecule has 0 spiro atoms. The van der Waals surface area contributed by atoms with Crippen LogP contribution in [0.5, 0.6) is 11.5 Å². The maximum atomic E-state index is 12.4. The first-order chi connectivity index (χ1) is 12.9.